The molecule has 0 rings (SSSR count). The number of carboxylic acid groups (broad SMARTS) is 3. The molecule has 1 unspecified atom stereocenters. The molecule has 26 heavy (non-hydrogen) atoms. The van der Waals surface area contributed by atoms with Crippen LogP contribution >= 0.6 is 0 Å². The summed E-state index contributed by atoms with van der Waals surface area (Å²) in [6.07, 6.45) is -0.779. The Kier molecular flexibility index (Phi) is 22.7. The zero-order valence-corrected chi connectivity index (χ0v) is 15.6. The Balaban J connectivity index is -0.000000125. The van der Waals surface area contributed by atoms with E-state index < -0.39 is 24.2 Å². The molecule has 0 aliphatic carbocycles. The van der Waals surface area contributed by atoms with Crippen molar-refractivity contribution in [1.82, 2.24) is 0 Å². The summed E-state index contributed by atoms with van der Waals surface area (Å²) >= 11 is 0. The largest absolute Gasteiger partial charge is 0.478 e. The molecule has 0 radical (unpaired) electrons. The number of hydrogen-bond donors (Lipinski definition) is 6. The quantitative estimate of drug-likeness (QED) is 0.294. The molecule has 9 heteroatoms. The molecule has 0 amide bonds. The van der Waals surface area contributed by atoms with Gasteiger partial charge in [-0.25, -0.2) is 14.4 Å². The molecule has 1 atom stereocenters. The Morgan fingerprint density at radius 3 is 0.962 bits per heavy atom. The topological polar surface area (TPSA) is 173 Å². The molecular formula is C17H30O9. The number of aliphatic hydroxyl groups is 3. The number of carboxylic acids is 3. The summed E-state index contributed by atoms with van der Waals surface area (Å²) in [5.41, 5.74) is 0.528. The van der Waals surface area contributed by atoms with Crippen LogP contribution in [0, 0.1) is 5.92 Å². The molecule has 0 saturated heterocycles. The standard InChI is InChI=1S/C5H12O3.3C4H6O2/c1-2-4(3-6)5(7)8;3*1-3(2)4(5)6/h4-8H,2-3H2,1H3;3*1H2,2H3,(H,5,6). The highest BCUT2D eigenvalue weighted by molar-refractivity contribution is 5.85. The molecule has 0 aliphatic rings. The number of rotatable bonds is 6. The Bertz CT molecular complexity index is 382. The molecular weight excluding hydrogens is 348 g/mol. The molecule has 9 nitrogen and oxygen atoms in total. The van der Waals surface area contributed by atoms with Crippen molar-refractivity contribution in [2.45, 2.75) is 40.4 Å². The molecule has 0 aliphatic heterocycles. The van der Waals surface area contributed by atoms with Crippen LogP contribution in [0.4, 0.5) is 0 Å². The fourth-order valence-corrected chi connectivity index (χ4v) is 0.434. The van der Waals surface area contributed by atoms with E-state index in [1.165, 1.54) is 20.8 Å². The summed E-state index contributed by atoms with van der Waals surface area (Å²) in [6.45, 7) is 15.4. The normalized spacial score (nSPS) is 9.69. The first-order valence-electron chi connectivity index (χ1n) is 7.28. The summed E-state index contributed by atoms with van der Waals surface area (Å²) in [4.78, 5) is 28.8. The predicted molar refractivity (Wildman–Crippen MR) is 96.4 cm³/mol. The third-order valence-electron chi connectivity index (χ3n) is 2.28. The third-order valence-corrected chi connectivity index (χ3v) is 2.28. The number of hydrogen-bond acceptors (Lipinski definition) is 6. The SMILES string of the molecule is C=C(C)C(=O)O.C=C(C)C(=O)O.C=C(C)C(=O)O.CCC(CO)C(O)O. The van der Waals surface area contributed by atoms with Crippen molar-refractivity contribution in [2.75, 3.05) is 6.61 Å². The first-order valence-corrected chi connectivity index (χ1v) is 7.28. The second kappa shape index (κ2) is 18.8. The third kappa shape index (κ3) is 29.5. The average Bonchev–Trinajstić information content (AvgIpc) is 2.49. The lowest BCUT2D eigenvalue weighted by Crippen LogP contribution is -2.21. The molecule has 0 bridgehead atoms. The van der Waals surface area contributed by atoms with Gasteiger partial charge in [-0.3, -0.25) is 0 Å². The minimum atomic E-state index is -1.37. The molecule has 0 fully saturated rings. The summed E-state index contributed by atoms with van der Waals surface area (Å²) < 4.78 is 0. The highest BCUT2D eigenvalue weighted by Crippen LogP contribution is 2.03. The highest BCUT2D eigenvalue weighted by Gasteiger charge is 2.11. The van der Waals surface area contributed by atoms with Crippen LogP contribution in [-0.2, 0) is 14.4 Å². The van der Waals surface area contributed by atoms with Gasteiger partial charge in [0, 0.05) is 22.6 Å². The maximum atomic E-state index is 9.60. The van der Waals surface area contributed by atoms with Gasteiger partial charge in [0.05, 0.1) is 6.61 Å². The first-order chi connectivity index (χ1) is 11.6. The Labute approximate surface area is 153 Å². The van der Waals surface area contributed by atoms with E-state index in [1.807, 2.05) is 0 Å². The number of carbonyl (C=O) groups is 3. The van der Waals surface area contributed by atoms with Crippen LogP contribution < -0.4 is 0 Å². The van der Waals surface area contributed by atoms with Gasteiger partial charge in [-0.15, -0.1) is 0 Å². The molecule has 0 aromatic heterocycles. The van der Waals surface area contributed by atoms with Gasteiger partial charge in [0.1, 0.15) is 0 Å². The average molecular weight is 378 g/mol. The molecule has 0 heterocycles. The van der Waals surface area contributed by atoms with E-state index in [0.717, 1.165) is 0 Å². The van der Waals surface area contributed by atoms with Crippen LogP contribution in [0.25, 0.3) is 0 Å². The van der Waals surface area contributed by atoms with E-state index in [9.17, 15) is 14.4 Å². The van der Waals surface area contributed by atoms with Crippen molar-refractivity contribution in [3.8, 4) is 0 Å². The fraction of sp³-hybridized carbons (Fsp3) is 0.471. The summed E-state index contributed by atoms with van der Waals surface area (Å²) in [5, 5.41) is 48.9. The molecule has 0 saturated carbocycles. The van der Waals surface area contributed by atoms with Gasteiger partial charge in [0.2, 0.25) is 0 Å². The van der Waals surface area contributed by atoms with Crippen LogP contribution in [0.1, 0.15) is 34.1 Å². The lowest BCUT2D eigenvalue weighted by Gasteiger charge is -2.12. The highest BCUT2D eigenvalue weighted by atomic mass is 16.5. The van der Waals surface area contributed by atoms with Crippen molar-refractivity contribution in [3.63, 3.8) is 0 Å². The maximum Gasteiger partial charge on any atom is 0.330 e. The Hall–Kier alpha value is -2.49. The van der Waals surface area contributed by atoms with Crippen molar-refractivity contribution in [2.24, 2.45) is 5.92 Å². The van der Waals surface area contributed by atoms with Crippen LogP contribution in [0.2, 0.25) is 0 Å². The van der Waals surface area contributed by atoms with Crippen molar-refractivity contribution >= 4 is 17.9 Å². The van der Waals surface area contributed by atoms with Gasteiger partial charge in [0.25, 0.3) is 0 Å². The second-order valence-corrected chi connectivity index (χ2v) is 5.02. The minimum Gasteiger partial charge on any atom is -0.478 e. The van der Waals surface area contributed by atoms with Gasteiger partial charge >= 0.3 is 17.9 Å². The maximum absolute atomic E-state index is 9.60. The smallest absolute Gasteiger partial charge is 0.330 e. The van der Waals surface area contributed by atoms with Gasteiger partial charge in [-0.1, -0.05) is 26.7 Å². The minimum absolute atomic E-state index is 0.159. The summed E-state index contributed by atoms with van der Waals surface area (Å²) in [7, 11) is 0. The van der Waals surface area contributed by atoms with Gasteiger partial charge in [-0.05, 0) is 27.2 Å². The van der Waals surface area contributed by atoms with Gasteiger partial charge < -0.3 is 30.6 Å². The van der Waals surface area contributed by atoms with Gasteiger partial charge in [0.15, 0.2) is 6.29 Å². The van der Waals surface area contributed by atoms with E-state index >= 15 is 0 Å². The van der Waals surface area contributed by atoms with E-state index in [1.54, 1.807) is 6.92 Å². The van der Waals surface area contributed by atoms with Crippen molar-refractivity contribution in [1.29, 1.82) is 0 Å². The van der Waals surface area contributed by atoms with Gasteiger partial charge in [-0.2, -0.15) is 0 Å². The van der Waals surface area contributed by atoms with E-state index in [4.69, 9.17) is 30.6 Å². The predicted octanol–water partition coefficient (Wildman–Crippen LogP) is 1.26. The lowest BCUT2D eigenvalue weighted by atomic mass is 10.1. The second-order valence-electron chi connectivity index (χ2n) is 5.02. The molecule has 0 spiro atoms. The Morgan fingerprint density at radius 2 is 0.962 bits per heavy atom. The van der Waals surface area contributed by atoms with Crippen molar-refractivity contribution < 1.29 is 45.0 Å². The van der Waals surface area contributed by atoms with Crippen LogP contribution in [-0.4, -0.2) is 61.4 Å². The summed E-state index contributed by atoms with van der Waals surface area (Å²) in [5.74, 6) is -3.19. The zero-order valence-electron chi connectivity index (χ0n) is 15.6. The number of aliphatic carboxylic acids is 3. The first kappa shape index (κ1) is 31.3. The summed E-state index contributed by atoms with van der Waals surface area (Å²) in [6, 6.07) is 0. The van der Waals surface area contributed by atoms with Crippen LogP contribution in [0.5, 0.6) is 0 Å². The van der Waals surface area contributed by atoms with E-state index in [-0.39, 0.29) is 29.2 Å². The lowest BCUT2D eigenvalue weighted by molar-refractivity contribution is -0.133. The number of aliphatic hydroxyl groups excluding tert-OH is 2. The Morgan fingerprint density at radius 1 is 0.769 bits per heavy atom. The zero-order chi connectivity index (χ0) is 22.0. The monoisotopic (exact) mass is 378 g/mol. The molecule has 0 aromatic carbocycles. The molecule has 152 valence electrons. The van der Waals surface area contributed by atoms with E-state index in [0.29, 0.717) is 6.42 Å². The van der Waals surface area contributed by atoms with Crippen molar-refractivity contribution in [3.05, 3.63) is 36.5 Å². The fourth-order valence-electron chi connectivity index (χ4n) is 0.434. The van der Waals surface area contributed by atoms with Crippen LogP contribution in [0.3, 0.4) is 0 Å². The molecule has 6 N–H and O–H groups in total. The van der Waals surface area contributed by atoms with E-state index in [2.05, 4.69) is 19.7 Å². The molecule has 0 aromatic rings. The van der Waals surface area contributed by atoms with Crippen LogP contribution in [0.15, 0.2) is 36.5 Å².